The van der Waals surface area contributed by atoms with Crippen LogP contribution in [0.1, 0.15) is 57.4 Å². The van der Waals surface area contributed by atoms with Crippen LogP contribution in [0.3, 0.4) is 0 Å². The molecule has 3 aromatic carbocycles. The first-order valence-corrected chi connectivity index (χ1v) is 12.4. The van der Waals surface area contributed by atoms with Crippen molar-refractivity contribution in [3.05, 3.63) is 118 Å². The molecule has 4 aliphatic rings. The van der Waals surface area contributed by atoms with Crippen molar-refractivity contribution in [3.8, 4) is 10.6 Å². The monoisotopic (exact) mass is 516 g/mol. The van der Waals surface area contributed by atoms with Crippen LogP contribution in [0.4, 0.5) is 0 Å². The Labute approximate surface area is 217 Å². The van der Waals surface area contributed by atoms with Crippen LogP contribution < -0.4 is 15.2 Å². The highest BCUT2D eigenvalue weighted by Crippen LogP contribution is 2.29. The van der Waals surface area contributed by atoms with Gasteiger partial charge < -0.3 is 0 Å². The minimum Gasteiger partial charge on any atom is -0.289 e. The number of carbonyl (C=O) groups excluding carboxylic acids is 5. The molecular weight excluding hydrogens is 502 g/mol. The lowest BCUT2D eigenvalue weighted by molar-refractivity contribution is 0.0832. The number of hydrogen-bond donors (Lipinski definition) is 1. The first kappa shape index (κ1) is 22.1. The number of carbonyl (C=O) groups is 5. The van der Waals surface area contributed by atoms with Crippen molar-refractivity contribution in [1.29, 1.82) is 0 Å². The molecule has 1 N–H and O–H groups in total. The van der Waals surface area contributed by atoms with E-state index in [4.69, 9.17) is 0 Å². The van der Waals surface area contributed by atoms with Crippen molar-refractivity contribution in [2.75, 3.05) is 0 Å². The van der Waals surface area contributed by atoms with Gasteiger partial charge in [0.25, 0.3) is 11.8 Å². The molecule has 3 heterocycles. The van der Waals surface area contributed by atoms with Gasteiger partial charge in [0.05, 0.1) is 31.9 Å². The molecule has 8 nitrogen and oxygen atoms in total. The zero-order valence-corrected chi connectivity index (χ0v) is 20.2. The van der Waals surface area contributed by atoms with Gasteiger partial charge in [0.2, 0.25) is 5.36 Å². The molecule has 0 atom stereocenters. The van der Waals surface area contributed by atoms with Crippen molar-refractivity contribution in [2.24, 2.45) is 0 Å². The summed E-state index contributed by atoms with van der Waals surface area (Å²) in [6.45, 7) is 0. The van der Waals surface area contributed by atoms with E-state index < -0.39 is 29.4 Å². The van der Waals surface area contributed by atoms with Crippen molar-refractivity contribution >= 4 is 51.0 Å². The maximum absolute atomic E-state index is 13.4. The van der Waals surface area contributed by atoms with Crippen LogP contribution >= 0.6 is 11.3 Å². The molecule has 0 fully saturated rings. The summed E-state index contributed by atoms with van der Waals surface area (Å²) in [5, 5.41) is 2.61. The number of ketones is 1. The summed E-state index contributed by atoms with van der Waals surface area (Å²) < 4.78 is 2.09. The Morgan fingerprint density at radius 3 is 2.21 bits per heavy atom. The molecule has 180 valence electrons. The molecule has 0 spiro atoms. The summed E-state index contributed by atoms with van der Waals surface area (Å²) in [7, 11) is 0. The van der Waals surface area contributed by atoms with Gasteiger partial charge in [-0.05, 0) is 42.5 Å². The number of hydrogen-bond acceptors (Lipinski definition) is 7. The Balaban J connectivity index is 1.30. The second-order valence-electron chi connectivity index (χ2n) is 8.91. The number of amides is 4. The van der Waals surface area contributed by atoms with E-state index in [-0.39, 0.29) is 33.4 Å². The van der Waals surface area contributed by atoms with E-state index in [1.54, 1.807) is 18.2 Å². The molecule has 0 radical (unpaired) electrons. The Kier molecular flexibility index (Phi) is 4.60. The molecule has 3 aromatic rings. The highest BCUT2D eigenvalue weighted by molar-refractivity contribution is 7.21. The second kappa shape index (κ2) is 7.92. The van der Waals surface area contributed by atoms with E-state index in [9.17, 15) is 24.0 Å². The normalized spacial score (nSPS) is 15.7. The zero-order chi connectivity index (χ0) is 26.1. The van der Waals surface area contributed by atoms with E-state index in [0.29, 0.717) is 5.36 Å². The maximum atomic E-state index is 13.4. The lowest BCUT2D eigenvalue weighted by atomic mass is 9.96. The van der Waals surface area contributed by atoms with Gasteiger partial charge in [-0.1, -0.05) is 28.8 Å². The molecule has 9 heteroatoms. The van der Waals surface area contributed by atoms with Crippen LogP contribution in [0.5, 0.6) is 0 Å². The topological polar surface area (TPSA) is 113 Å². The van der Waals surface area contributed by atoms with Gasteiger partial charge in [-0.2, -0.15) is 0 Å². The predicted molar refractivity (Wildman–Crippen MR) is 138 cm³/mol. The van der Waals surface area contributed by atoms with Crippen molar-refractivity contribution in [2.45, 2.75) is 0 Å². The first-order chi connectivity index (χ1) is 18.4. The zero-order valence-electron chi connectivity index (χ0n) is 19.3. The van der Waals surface area contributed by atoms with Gasteiger partial charge in [-0.15, -0.1) is 11.3 Å². The molecule has 38 heavy (non-hydrogen) atoms. The molecule has 0 aromatic heterocycles. The summed E-state index contributed by atoms with van der Waals surface area (Å²) in [4.78, 5) is 69.1. The number of fused-ring (bicyclic) bond motifs is 4. The minimum absolute atomic E-state index is 0.121. The summed E-state index contributed by atoms with van der Waals surface area (Å²) in [6.07, 6.45) is 0. The summed E-state index contributed by atoms with van der Waals surface area (Å²) in [5.41, 5.74) is 2.65. The third-order valence-corrected chi connectivity index (χ3v) is 7.79. The van der Waals surface area contributed by atoms with E-state index in [1.807, 2.05) is 24.3 Å². The van der Waals surface area contributed by atoms with Gasteiger partial charge in [0.1, 0.15) is 11.1 Å². The molecule has 0 unspecified atom stereocenters. The Morgan fingerprint density at radius 2 is 1.39 bits per heavy atom. The number of benzene rings is 4. The number of imide groups is 2. The van der Waals surface area contributed by atoms with Crippen LogP contribution in [0.25, 0.3) is 20.8 Å². The van der Waals surface area contributed by atoms with Gasteiger partial charge in [0.15, 0.2) is 5.78 Å². The Bertz CT molecular complexity index is 2010. The van der Waals surface area contributed by atoms with Crippen LogP contribution in [-0.2, 0) is 0 Å². The van der Waals surface area contributed by atoms with Crippen LogP contribution in [0, 0.1) is 0 Å². The van der Waals surface area contributed by atoms with Crippen molar-refractivity contribution in [1.82, 2.24) is 14.9 Å². The Hall–Kier alpha value is -5.15. The molecule has 7 rings (SSSR count). The number of nitrogens with zero attached hydrogens (tertiary/aromatic N) is 2. The molecular formula is C29H14N3O5S+. The highest BCUT2D eigenvalue weighted by Gasteiger charge is 2.43. The molecule has 0 saturated heterocycles. The quantitative estimate of drug-likeness (QED) is 0.167. The fourth-order valence-electron chi connectivity index (χ4n) is 4.79. The van der Waals surface area contributed by atoms with E-state index in [0.717, 1.165) is 25.4 Å². The van der Waals surface area contributed by atoms with Gasteiger partial charge in [-0.3, -0.25) is 19.7 Å². The van der Waals surface area contributed by atoms with Crippen molar-refractivity contribution < 1.29 is 24.0 Å². The smallest absolute Gasteiger partial charge is 0.289 e. The molecule has 0 saturated carbocycles. The number of para-hydroxylation sites is 1. The summed E-state index contributed by atoms with van der Waals surface area (Å²) in [6, 6.07) is 21.5. The average molecular weight is 517 g/mol. The lowest BCUT2D eigenvalue weighted by Crippen LogP contribution is -2.34. The lowest BCUT2D eigenvalue weighted by Gasteiger charge is -2.04. The standard InChI is InChI=1S/C29H13N3O5S/c33-25(14-5-8-17-19(11-14)27(35)31-26(17)34)15-6-9-18-20(12-15)29(37)32(28(18)36)16-7-10-22-24(13-16)38-23-4-2-1-3-21(23)30-22/h1-13H/p+1. The molecule has 0 bridgehead atoms. The number of rotatable bonds is 2. The fraction of sp³-hybridized carbons (Fsp3) is 0. The van der Waals surface area contributed by atoms with E-state index >= 15 is 0 Å². The first-order valence-electron chi connectivity index (χ1n) is 11.6. The summed E-state index contributed by atoms with van der Waals surface area (Å²) in [5.74, 6) is -2.52. The Morgan fingerprint density at radius 1 is 0.711 bits per heavy atom. The van der Waals surface area contributed by atoms with Gasteiger partial charge >= 0.3 is 11.8 Å². The average Bonchev–Trinajstić information content (AvgIpc) is 3.36. The van der Waals surface area contributed by atoms with Gasteiger partial charge in [0, 0.05) is 23.3 Å². The predicted octanol–water partition coefficient (Wildman–Crippen LogP) is 3.28. The van der Waals surface area contributed by atoms with Crippen LogP contribution in [0.2, 0.25) is 0 Å². The maximum Gasteiger partial charge on any atom is 0.429 e. The summed E-state index contributed by atoms with van der Waals surface area (Å²) >= 11 is 1.52. The van der Waals surface area contributed by atoms with Crippen LogP contribution in [0.15, 0.2) is 78.9 Å². The second-order valence-corrected chi connectivity index (χ2v) is 10.00. The van der Waals surface area contributed by atoms with E-state index in [2.05, 4.69) is 10.3 Å². The third-order valence-electron chi connectivity index (χ3n) is 6.67. The molecule has 1 aliphatic carbocycles. The minimum atomic E-state index is -0.565. The third kappa shape index (κ3) is 3.19. The fourth-order valence-corrected chi connectivity index (χ4v) is 5.79. The molecule has 4 amide bonds. The SMILES string of the molecule is O=C(c1ccc2c(c1)C(=O)NC2=O)c1ccc2c(c1)C(=O)[N+](=c1ccc3nc4ccccc4sc-3c1)C2=O. The number of nitrogens with one attached hydrogen (secondary N) is 1. The van der Waals surface area contributed by atoms with Crippen molar-refractivity contribution in [3.63, 3.8) is 0 Å². The van der Waals surface area contributed by atoms with Gasteiger partial charge in [-0.25, -0.2) is 14.6 Å². The van der Waals surface area contributed by atoms with E-state index in [1.165, 1.54) is 47.7 Å². The van der Waals surface area contributed by atoms with Crippen LogP contribution in [-0.4, -0.2) is 34.4 Å². The highest BCUT2D eigenvalue weighted by atomic mass is 32.1. The number of aromatic nitrogens is 1. The molecule has 3 aliphatic heterocycles. The largest absolute Gasteiger partial charge is 0.429 e.